The van der Waals surface area contributed by atoms with E-state index in [0.717, 1.165) is 19.4 Å². The molecule has 0 atom stereocenters. The minimum atomic E-state index is 0.0573. The number of carbonyl (C=O) groups is 1. The van der Waals surface area contributed by atoms with Crippen LogP contribution in [-0.2, 0) is 4.79 Å². The zero-order valence-corrected chi connectivity index (χ0v) is 6.10. The molecule has 0 spiro atoms. The van der Waals surface area contributed by atoms with Crippen molar-refractivity contribution in [3.8, 4) is 0 Å². The third kappa shape index (κ3) is 2.67. The minimum absolute atomic E-state index is 0.0573. The third-order valence-electron chi connectivity index (χ3n) is 1.62. The maximum Gasteiger partial charge on any atom is 0.243 e. The van der Waals surface area contributed by atoms with E-state index < -0.39 is 0 Å². The molecule has 0 aromatic carbocycles. The summed E-state index contributed by atoms with van der Waals surface area (Å²) in [5.74, 6) is 0.0573. The standard InChI is InChI=1S/C8H13NO/c10-8-6-4-2-1-3-5-7-9-8/h4,6H,1-3,5,7H2,(H,9,10)/b6-4-. The summed E-state index contributed by atoms with van der Waals surface area (Å²) in [7, 11) is 0. The van der Waals surface area contributed by atoms with Crippen LogP contribution in [0, 0.1) is 0 Å². The molecule has 0 bridgehead atoms. The Morgan fingerprint density at radius 3 is 3.10 bits per heavy atom. The van der Waals surface area contributed by atoms with Crippen molar-refractivity contribution < 1.29 is 4.79 Å². The van der Waals surface area contributed by atoms with Crippen LogP contribution in [0.5, 0.6) is 0 Å². The average molecular weight is 139 g/mol. The molecule has 0 aromatic heterocycles. The number of hydrogen-bond donors (Lipinski definition) is 1. The van der Waals surface area contributed by atoms with Crippen LogP contribution in [-0.4, -0.2) is 12.5 Å². The smallest absolute Gasteiger partial charge is 0.243 e. The van der Waals surface area contributed by atoms with Crippen molar-refractivity contribution in [1.29, 1.82) is 0 Å². The lowest BCUT2D eigenvalue weighted by atomic mass is 10.2. The van der Waals surface area contributed by atoms with Crippen LogP contribution in [0.4, 0.5) is 0 Å². The van der Waals surface area contributed by atoms with Crippen LogP contribution in [0.2, 0.25) is 0 Å². The van der Waals surface area contributed by atoms with Crippen LogP contribution in [0.25, 0.3) is 0 Å². The van der Waals surface area contributed by atoms with E-state index in [1.54, 1.807) is 6.08 Å². The van der Waals surface area contributed by atoms with Crippen molar-refractivity contribution in [2.45, 2.75) is 25.7 Å². The fourth-order valence-corrected chi connectivity index (χ4v) is 1.02. The van der Waals surface area contributed by atoms with Gasteiger partial charge in [-0.2, -0.15) is 0 Å². The number of hydrogen-bond acceptors (Lipinski definition) is 1. The molecule has 56 valence electrons. The second-order valence-corrected chi connectivity index (χ2v) is 2.54. The number of allylic oxidation sites excluding steroid dienone is 1. The van der Waals surface area contributed by atoms with E-state index in [-0.39, 0.29) is 5.91 Å². The van der Waals surface area contributed by atoms with Gasteiger partial charge >= 0.3 is 0 Å². The van der Waals surface area contributed by atoms with Crippen LogP contribution >= 0.6 is 0 Å². The van der Waals surface area contributed by atoms with E-state index in [1.807, 2.05) is 6.08 Å². The van der Waals surface area contributed by atoms with Gasteiger partial charge in [-0.15, -0.1) is 0 Å². The Hall–Kier alpha value is -0.790. The molecule has 1 heterocycles. The summed E-state index contributed by atoms with van der Waals surface area (Å²) >= 11 is 0. The molecule has 0 aromatic rings. The molecular formula is C8H13NO. The minimum Gasteiger partial charge on any atom is -0.353 e. The van der Waals surface area contributed by atoms with Gasteiger partial charge in [0.25, 0.3) is 0 Å². The molecule has 1 aliphatic heterocycles. The number of nitrogens with one attached hydrogen (secondary N) is 1. The monoisotopic (exact) mass is 139 g/mol. The molecule has 2 heteroatoms. The van der Waals surface area contributed by atoms with Crippen LogP contribution in [0.15, 0.2) is 12.2 Å². The van der Waals surface area contributed by atoms with Crippen molar-refractivity contribution in [3.63, 3.8) is 0 Å². The molecule has 0 unspecified atom stereocenters. The summed E-state index contributed by atoms with van der Waals surface area (Å²) in [4.78, 5) is 10.8. The van der Waals surface area contributed by atoms with E-state index in [2.05, 4.69) is 5.32 Å². The molecule has 0 saturated carbocycles. The average Bonchev–Trinajstić information content (AvgIpc) is 2.02. The Labute approximate surface area is 61.3 Å². The van der Waals surface area contributed by atoms with Crippen LogP contribution in [0.3, 0.4) is 0 Å². The highest BCUT2D eigenvalue weighted by Gasteiger charge is 1.96. The molecule has 1 amide bonds. The first-order chi connectivity index (χ1) is 4.89. The molecule has 1 rings (SSSR count). The highest BCUT2D eigenvalue weighted by Crippen LogP contribution is 2.01. The zero-order chi connectivity index (χ0) is 7.23. The Morgan fingerprint density at radius 1 is 1.30 bits per heavy atom. The summed E-state index contributed by atoms with van der Waals surface area (Å²) in [5.41, 5.74) is 0. The Morgan fingerprint density at radius 2 is 2.20 bits per heavy atom. The van der Waals surface area contributed by atoms with Gasteiger partial charge in [-0.1, -0.05) is 12.5 Å². The van der Waals surface area contributed by atoms with Gasteiger partial charge < -0.3 is 5.32 Å². The predicted octanol–water partition coefficient (Wildman–Crippen LogP) is 1.23. The molecule has 0 aliphatic carbocycles. The van der Waals surface area contributed by atoms with Crippen LogP contribution < -0.4 is 5.32 Å². The number of amides is 1. The van der Waals surface area contributed by atoms with Gasteiger partial charge in [0.1, 0.15) is 0 Å². The quantitative estimate of drug-likeness (QED) is 0.537. The summed E-state index contributed by atoms with van der Waals surface area (Å²) in [6, 6.07) is 0. The topological polar surface area (TPSA) is 29.1 Å². The molecule has 0 radical (unpaired) electrons. The van der Waals surface area contributed by atoms with Gasteiger partial charge in [-0.3, -0.25) is 4.79 Å². The highest BCUT2D eigenvalue weighted by atomic mass is 16.1. The first kappa shape index (κ1) is 7.32. The van der Waals surface area contributed by atoms with E-state index in [4.69, 9.17) is 0 Å². The largest absolute Gasteiger partial charge is 0.353 e. The number of carbonyl (C=O) groups excluding carboxylic acids is 1. The second-order valence-electron chi connectivity index (χ2n) is 2.54. The normalized spacial score (nSPS) is 23.8. The second kappa shape index (κ2) is 4.09. The first-order valence-corrected chi connectivity index (χ1v) is 3.84. The molecule has 0 saturated heterocycles. The molecule has 0 fully saturated rings. The van der Waals surface area contributed by atoms with E-state index in [9.17, 15) is 4.79 Å². The molecule has 2 nitrogen and oxygen atoms in total. The van der Waals surface area contributed by atoms with E-state index in [0.29, 0.717) is 0 Å². The van der Waals surface area contributed by atoms with Crippen LogP contribution in [0.1, 0.15) is 25.7 Å². The Bertz CT molecular complexity index is 140. The van der Waals surface area contributed by atoms with Gasteiger partial charge in [-0.05, 0) is 25.3 Å². The summed E-state index contributed by atoms with van der Waals surface area (Å²) in [5, 5.41) is 2.80. The highest BCUT2D eigenvalue weighted by molar-refractivity contribution is 5.87. The maximum absolute atomic E-state index is 10.8. The lowest BCUT2D eigenvalue weighted by Crippen LogP contribution is -2.21. The van der Waals surface area contributed by atoms with Crippen molar-refractivity contribution in [2.75, 3.05) is 6.54 Å². The maximum atomic E-state index is 10.8. The SMILES string of the molecule is O=C1/C=C\CCCCCN1. The summed E-state index contributed by atoms with van der Waals surface area (Å²) in [6.07, 6.45) is 8.18. The van der Waals surface area contributed by atoms with Crippen molar-refractivity contribution >= 4 is 5.91 Å². The van der Waals surface area contributed by atoms with Gasteiger partial charge in [0.2, 0.25) is 5.91 Å². The molecule has 1 aliphatic rings. The van der Waals surface area contributed by atoms with Gasteiger partial charge in [0.15, 0.2) is 0 Å². The fraction of sp³-hybridized carbons (Fsp3) is 0.625. The van der Waals surface area contributed by atoms with E-state index >= 15 is 0 Å². The van der Waals surface area contributed by atoms with Crippen molar-refractivity contribution in [1.82, 2.24) is 5.32 Å². The first-order valence-electron chi connectivity index (χ1n) is 3.84. The van der Waals surface area contributed by atoms with Gasteiger partial charge in [-0.25, -0.2) is 0 Å². The van der Waals surface area contributed by atoms with Crippen molar-refractivity contribution in [3.05, 3.63) is 12.2 Å². The number of rotatable bonds is 0. The summed E-state index contributed by atoms with van der Waals surface area (Å²) < 4.78 is 0. The predicted molar refractivity (Wildman–Crippen MR) is 40.6 cm³/mol. The fourth-order valence-electron chi connectivity index (χ4n) is 1.02. The van der Waals surface area contributed by atoms with E-state index in [1.165, 1.54) is 12.8 Å². The third-order valence-corrected chi connectivity index (χ3v) is 1.62. The summed E-state index contributed by atoms with van der Waals surface area (Å²) in [6.45, 7) is 0.836. The Kier molecular flexibility index (Phi) is 3.00. The lowest BCUT2D eigenvalue weighted by molar-refractivity contribution is -0.116. The van der Waals surface area contributed by atoms with Gasteiger partial charge in [0, 0.05) is 6.54 Å². The molecular weight excluding hydrogens is 126 g/mol. The molecule has 10 heavy (non-hydrogen) atoms. The Balaban J connectivity index is 2.35. The van der Waals surface area contributed by atoms with Gasteiger partial charge in [0.05, 0.1) is 0 Å². The van der Waals surface area contributed by atoms with Crippen molar-refractivity contribution in [2.24, 2.45) is 0 Å². The lowest BCUT2D eigenvalue weighted by Gasteiger charge is -1.97. The molecule has 1 N–H and O–H groups in total. The zero-order valence-electron chi connectivity index (χ0n) is 6.10.